The van der Waals surface area contributed by atoms with Crippen molar-refractivity contribution >= 4 is 33.4 Å². The predicted molar refractivity (Wildman–Crippen MR) is 74.6 cm³/mol. The van der Waals surface area contributed by atoms with Gasteiger partial charge in [-0.3, -0.25) is 4.79 Å². The quantitative estimate of drug-likeness (QED) is 0.819. The maximum absolute atomic E-state index is 11.8. The standard InChI is InChI=1S/C12H16BrClN2O/c1-8(2)15-5-6-16-12(17)10-7-9(13)3-4-11(10)14/h3-4,7-8,15H,5-6H2,1-2H3,(H,16,17). The van der Waals surface area contributed by atoms with Crippen molar-refractivity contribution in [1.82, 2.24) is 10.6 Å². The van der Waals surface area contributed by atoms with Gasteiger partial charge in [-0.1, -0.05) is 41.4 Å². The molecule has 0 aromatic heterocycles. The van der Waals surface area contributed by atoms with E-state index in [4.69, 9.17) is 11.6 Å². The van der Waals surface area contributed by atoms with Gasteiger partial charge in [0.05, 0.1) is 10.6 Å². The highest BCUT2D eigenvalue weighted by atomic mass is 79.9. The molecule has 1 amide bonds. The maximum atomic E-state index is 11.8. The van der Waals surface area contributed by atoms with Crippen molar-refractivity contribution in [3.05, 3.63) is 33.3 Å². The molecule has 0 spiro atoms. The first-order valence-electron chi connectivity index (χ1n) is 5.47. The van der Waals surface area contributed by atoms with Crippen LogP contribution in [0.4, 0.5) is 0 Å². The first-order valence-corrected chi connectivity index (χ1v) is 6.64. The minimum atomic E-state index is -0.151. The predicted octanol–water partition coefficient (Wildman–Crippen LogP) is 2.83. The maximum Gasteiger partial charge on any atom is 0.252 e. The first-order chi connectivity index (χ1) is 8.00. The van der Waals surface area contributed by atoms with E-state index < -0.39 is 0 Å². The summed E-state index contributed by atoms with van der Waals surface area (Å²) in [6, 6.07) is 5.64. The third-order valence-electron chi connectivity index (χ3n) is 2.14. The van der Waals surface area contributed by atoms with Crippen molar-refractivity contribution < 1.29 is 4.79 Å². The Bertz CT molecular complexity index is 396. The van der Waals surface area contributed by atoms with Crippen LogP contribution >= 0.6 is 27.5 Å². The molecular weight excluding hydrogens is 304 g/mol. The summed E-state index contributed by atoms with van der Waals surface area (Å²) in [5, 5.41) is 6.50. The van der Waals surface area contributed by atoms with Crippen molar-refractivity contribution in [3.8, 4) is 0 Å². The van der Waals surface area contributed by atoms with Crippen molar-refractivity contribution in [3.63, 3.8) is 0 Å². The molecule has 94 valence electrons. The van der Waals surface area contributed by atoms with E-state index in [1.54, 1.807) is 18.2 Å². The lowest BCUT2D eigenvalue weighted by Crippen LogP contribution is -2.34. The number of benzene rings is 1. The van der Waals surface area contributed by atoms with Crippen LogP contribution < -0.4 is 10.6 Å². The molecule has 1 aromatic rings. The SMILES string of the molecule is CC(C)NCCNC(=O)c1cc(Br)ccc1Cl. The molecule has 5 heteroatoms. The normalized spacial score (nSPS) is 10.6. The zero-order valence-electron chi connectivity index (χ0n) is 9.89. The fourth-order valence-electron chi connectivity index (χ4n) is 1.30. The van der Waals surface area contributed by atoms with Gasteiger partial charge in [-0.15, -0.1) is 0 Å². The molecule has 0 saturated carbocycles. The number of rotatable bonds is 5. The van der Waals surface area contributed by atoms with Crippen LogP contribution in [-0.2, 0) is 0 Å². The van der Waals surface area contributed by atoms with E-state index >= 15 is 0 Å². The first kappa shape index (κ1) is 14.5. The molecule has 0 unspecified atom stereocenters. The molecule has 2 N–H and O–H groups in total. The average molecular weight is 320 g/mol. The summed E-state index contributed by atoms with van der Waals surface area (Å²) in [7, 11) is 0. The smallest absolute Gasteiger partial charge is 0.252 e. The van der Waals surface area contributed by atoms with Gasteiger partial charge in [0, 0.05) is 23.6 Å². The number of hydrogen-bond donors (Lipinski definition) is 2. The number of hydrogen-bond acceptors (Lipinski definition) is 2. The Kier molecular flexibility index (Phi) is 5.95. The summed E-state index contributed by atoms with van der Waals surface area (Å²) in [6.07, 6.45) is 0. The zero-order chi connectivity index (χ0) is 12.8. The highest BCUT2D eigenvalue weighted by molar-refractivity contribution is 9.10. The van der Waals surface area contributed by atoms with E-state index in [0.717, 1.165) is 11.0 Å². The molecule has 0 atom stereocenters. The number of halogens is 2. The van der Waals surface area contributed by atoms with Crippen LogP contribution in [0.5, 0.6) is 0 Å². The van der Waals surface area contributed by atoms with E-state index in [1.165, 1.54) is 0 Å². The molecule has 0 fully saturated rings. The van der Waals surface area contributed by atoms with Gasteiger partial charge < -0.3 is 10.6 Å². The van der Waals surface area contributed by atoms with E-state index in [0.29, 0.717) is 23.2 Å². The van der Waals surface area contributed by atoms with E-state index in [-0.39, 0.29) is 5.91 Å². The Morgan fingerprint density at radius 1 is 1.41 bits per heavy atom. The molecule has 0 saturated heterocycles. The van der Waals surface area contributed by atoms with Gasteiger partial charge in [-0.25, -0.2) is 0 Å². The van der Waals surface area contributed by atoms with E-state index in [9.17, 15) is 4.79 Å². The molecule has 0 aliphatic rings. The van der Waals surface area contributed by atoms with Crippen molar-refractivity contribution in [2.24, 2.45) is 0 Å². The van der Waals surface area contributed by atoms with Crippen molar-refractivity contribution in [2.75, 3.05) is 13.1 Å². The Morgan fingerprint density at radius 3 is 2.76 bits per heavy atom. The lowest BCUT2D eigenvalue weighted by atomic mass is 10.2. The molecule has 0 heterocycles. The van der Waals surface area contributed by atoms with Crippen LogP contribution in [0, 0.1) is 0 Å². The largest absolute Gasteiger partial charge is 0.351 e. The molecule has 0 aliphatic heterocycles. The van der Waals surface area contributed by atoms with Gasteiger partial charge in [-0.2, -0.15) is 0 Å². The third-order valence-corrected chi connectivity index (χ3v) is 2.96. The minimum absolute atomic E-state index is 0.151. The van der Waals surface area contributed by atoms with Gasteiger partial charge >= 0.3 is 0 Å². The third kappa shape index (κ3) is 5.06. The summed E-state index contributed by atoms with van der Waals surface area (Å²) < 4.78 is 0.840. The Hall–Kier alpha value is -0.580. The Balaban J connectivity index is 2.49. The molecule has 0 bridgehead atoms. The number of nitrogens with one attached hydrogen (secondary N) is 2. The number of carbonyl (C=O) groups is 1. The molecular formula is C12H16BrClN2O. The minimum Gasteiger partial charge on any atom is -0.351 e. The summed E-state index contributed by atoms with van der Waals surface area (Å²) in [5.74, 6) is -0.151. The van der Waals surface area contributed by atoms with Crippen LogP contribution in [0.3, 0.4) is 0 Å². The average Bonchev–Trinajstić information content (AvgIpc) is 2.27. The molecule has 3 nitrogen and oxygen atoms in total. The molecule has 1 rings (SSSR count). The fraction of sp³-hybridized carbons (Fsp3) is 0.417. The second-order valence-corrected chi connectivity index (χ2v) is 5.31. The lowest BCUT2D eigenvalue weighted by molar-refractivity contribution is 0.0953. The zero-order valence-corrected chi connectivity index (χ0v) is 12.2. The molecule has 17 heavy (non-hydrogen) atoms. The molecule has 0 aliphatic carbocycles. The van der Waals surface area contributed by atoms with Crippen LogP contribution in [0.15, 0.2) is 22.7 Å². The van der Waals surface area contributed by atoms with Crippen LogP contribution in [0.25, 0.3) is 0 Å². The Morgan fingerprint density at radius 2 is 2.12 bits per heavy atom. The van der Waals surface area contributed by atoms with E-state index in [1.807, 2.05) is 0 Å². The Labute approximate surface area is 115 Å². The van der Waals surface area contributed by atoms with Gasteiger partial charge in [0.1, 0.15) is 0 Å². The highest BCUT2D eigenvalue weighted by Crippen LogP contribution is 2.20. The van der Waals surface area contributed by atoms with Crippen LogP contribution in [0.2, 0.25) is 5.02 Å². The summed E-state index contributed by atoms with van der Waals surface area (Å²) in [5.41, 5.74) is 0.491. The summed E-state index contributed by atoms with van der Waals surface area (Å²) >= 11 is 9.27. The van der Waals surface area contributed by atoms with Gasteiger partial charge in [0.25, 0.3) is 5.91 Å². The lowest BCUT2D eigenvalue weighted by Gasteiger charge is -2.10. The highest BCUT2D eigenvalue weighted by Gasteiger charge is 2.09. The summed E-state index contributed by atoms with van der Waals surface area (Å²) in [4.78, 5) is 11.8. The fourth-order valence-corrected chi connectivity index (χ4v) is 1.87. The van der Waals surface area contributed by atoms with Gasteiger partial charge in [0.2, 0.25) is 0 Å². The number of amides is 1. The van der Waals surface area contributed by atoms with E-state index in [2.05, 4.69) is 40.4 Å². The van der Waals surface area contributed by atoms with Crippen molar-refractivity contribution in [1.29, 1.82) is 0 Å². The van der Waals surface area contributed by atoms with Crippen molar-refractivity contribution in [2.45, 2.75) is 19.9 Å². The molecule has 0 radical (unpaired) electrons. The second-order valence-electron chi connectivity index (χ2n) is 3.99. The topological polar surface area (TPSA) is 41.1 Å². The van der Waals surface area contributed by atoms with Crippen LogP contribution in [-0.4, -0.2) is 25.0 Å². The van der Waals surface area contributed by atoms with Gasteiger partial charge in [0.15, 0.2) is 0 Å². The monoisotopic (exact) mass is 318 g/mol. The van der Waals surface area contributed by atoms with Gasteiger partial charge in [-0.05, 0) is 18.2 Å². The summed E-state index contributed by atoms with van der Waals surface area (Å²) in [6.45, 7) is 5.45. The number of carbonyl (C=O) groups excluding carboxylic acids is 1. The second kappa shape index (κ2) is 6.99. The van der Waals surface area contributed by atoms with Crippen LogP contribution in [0.1, 0.15) is 24.2 Å². The molecule has 1 aromatic carbocycles.